The molecule has 0 bridgehead atoms. The van der Waals surface area contributed by atoms with Gasteiger partial charge >= 0.3 is 0 Å². The minimum atomic E-state index is -0.0996. The molecule has 2 atom stereocenters. The minimum Gasteiger partial charge on any atom is -0.326 e. The van der Waals surface area contributed by atoms with E-state index in [9.17, 15) is 0 Å². The Kier molecular flexibility index (Phi) is 5.95. The summed E-state index contributed by atoms with van der Waals surface area (Å²) in [7, 11) is 0. The van der Waals surface area contributed by atoms with Crippen LogP contribution in [0.3, 0.4) is 0 Å². The van der Waals surface area contributed by atoms with Gasteiger partial charge < -0.3 is 5.73 Å². The molecule has 1 heterocycles. The number of piperidine rings is 1. The highest BCUT2D eigenvalue weighted by Crippen LogP contribution is 2.43. The Morgan fingerprint density at radius 3 is 2.32 bits per heavy atom. The Bertz CT molecular complexity index is 347. The van der Waals surface area contributed by atoms with Gasteiger partial charge in [-0.3, -0.25) is 4.84 Å². The van der Waals surface area contributed by atoms with Crippen LogP contribution in [0.2, 0.25) is 0 Å². The van der Waals surface area contributed by atoms with Crippen LogP contribution in [0.5, 0.6) is 0 Å². The highest BCUT2D eigenvalue weighted by molar-refractivity contribution is 5.04. The number of nitrogens with two attached hydrogens (primary N) is 1. The predicted molar refractivity (Wildman–Crippen MR) is 93.6 cm³/mol. The summed E-state index contributed by atoms with van der Waals surface area (Å²) < 4.78 is 0. The van der Waals surface area contributed by atoms with Crippen molar-refractivity contribution in [2.45, 2.75) is 116 Å². The lowest BCUT2D eigenvalue weighted by atomic mass is 9.70. The van der Waals surface area contributed by atoms with E-state index in [2.05, 4.69) is 39.7 Å². The zero-order valence-electron chi connectivity index (χ0n) is 15.5. The molecule has 2 N–H and O–H groups in total. The summed E-state index contributed by atoms with van der Waals surface area (Å²) in [5.74, 6) is 0.608. The van der Waals surface area contributed by atoms with E-state index >= 15 is 0 Å². The lowest BCUT2D eigenvalue weighted by Crippen LogP contribution is -2.70. The summed E-state index contributed by atoms with van der Waals surface area (Å²) in [5.41, 5.74) is 6.66. The Balaban J connectivity index is 2.11. The van der Waals surface area contributed by atoms with Crippen LogP contribution in [0.15, 0.2) is 0 Å². The molecular weight excluding hydrogens is 272 g/mol. The molecule has 3 heteroatoms. The van der Waals surface area contributed by atoms with Crippen molar-refractivity contribution in [3.63, 3.8) is 0 Å². The first kappa shape index (κ1) is 18.2. The van der Waals surface area contributed by atoms with Gasteiger partial charge in [0, 0.05) is 11.6 Å². The fraction of sp³-hybridized carbons (Fsp3) is 1.00. The third-order valence-electron chi connectivity index (χ3n) is 5.89. The summed E-state index contributed by atoms with van der Waals surface area (Å²) >= 11 is 0. The van der Waals surface area contributed by atoms with Crippen LogP contribution in [-0.4, -0.2) is 28.3 Å². The van der Waals surface area contributed by atoms with Gasteiger partial charge in [0.1, 0.15) is 0 Å². The third kappa shape index (κ3) is 3.85. The van der Waals surface area contributed by atoms with Crippen LogP contribution in [0.1, 0.15) is 92.4 Å². The van der Waals surface area contributed by atoms with Crippen molar-refractivity contribution in [1.29, 1.82) is 0 Å². The van der Waals surface area contributed by atoms with Gasteiger partial charge in [0.15, 0.2) is 0 Å². The molecule has 0 aromatic heterocycles. The zero-order chi connectivity index (χ0) is 16.4. The molecule has 0 radical (unpaired) electrons. The van der Waals surface area contributed by atoms with E-state index in [1.54, 1.807) is 0 Å². The van der Waals surface area contributed by atoms with Crippen LogP contribution >= 0.6 is 0 Å². The van der Waals surface area contributed by atoms with E-state index in [0.29, 0.717) is 12.0 Å². The van der Waals surface area contributed by atoms with Crippen molar-refractivity contribution in [3.8, 4) is 0 Å². The Morgan fingerprint density at radius 1 is 1.09 bits per heavy atom. The van der Waals surface area contributed by atoms with Crippen LogP contribution in [0.25, 0.3) is 0 Å². The summed E-state index contributed by atoms with van der Waals surface area (Å²) in [6.07, 6.45) is 11.7. The smallest absolute Gasteiger partial charge is 0.0793 e. The van der Waals surface area contributed by atoms with Gasteiger partial charge in [-0.2, -0.15) is 5.06 Å². The Morgan fingerprint density at radius 2 is 1.73 bits per heavy atom. The number of unbranched alkanes of at least 4 members (excludes halogenated alkanes) is 1. The van der Waals surface area contributed by atoms with Crippen LogP contribution in [0.4, 0.5) is 0 Å². The monoisotopic (exact) mass is 310 g/mol. The second kappa shape index (κ2) is 7.19. The number of nitrogens with zero attached hydrogens (tertiary/aromatic N) is 1. The predicted octanol–water partition coefficient (Wildman–Crippen LogP) is 4.65. The van der Waals surface area contributed by atoms with Crippen molar-refractivity contribution >= 4 is 0 Å². The van der Waals surface area contributed by atoms with Crippen molar-refractivity contribution in [2.24, 2.45) is 11.7 Å². The van der Waals surface area contributed by atoms with E-state index < -0.39 is 0 Å². The molecular formula is C19H38N2O. The SMILES string of the molecule is CCCCC1CC(C)(C)N(OC2CCCCC2)C(C)(C)C1N. The van der Waals surface area contributed by atoms with Crippen molar-refractivity contribution in [1.82, 2.24) is 5.06 Å². The summed E-state index contributed by atoms with van der Waals surface area (Å²) in [4.78, 5) is 6.54. The maximum absolute atomic E-state index is 6.69. The second-order valence-corrected chi connectivity index (χ2v) is 8.76. The molecule has 2 aliphatic rings. The average Bonchev–Trinajstić information content (AvgIpc) is 2.47. The van der Waals surface area contributed by atoms with Gasteiger partial charge in [0.25, 0.3) is 0 Å². The van der Waals surface area contributed by atoms with E-state index in [4.69, 9.17) is 10.6 Å². The molecule has 2 unspecified atom stereocenters. The van der Waals surface area contributed by atoms with Crippen LogP contribution < -0.4 is 5.73 Å². The van der Waals surface area contributed by atoms with Gasteiger partial charge in [0.2, 0.25) is 0 Å². The number of hydrogen-bond acceptors (Lipinski definition) is 3. The first-order valence-electron chi connectivity index (χ1n) is 9.51. The third-order valence-corrected chi connectivity index (χ3v) is 5.89. The molecule has 2 rings (SSSR count). The molecule has 1 aliphatic heterocycles. The quantitative estimate of drug-likeness (QED) is 0.803. The van der Waals surface area contributed by atoms with E-state index in [1.807, 2.05) is 0 Å². The fourth-order valence-corrected chi connectivity index (χ4v) is 4.69. The lowest BCUT2D eigenvalue weighted by Gasteiger charge is -2.58. The van der Waals surface area contributed by atoms with Crippen LogP contribution in [-0.2, 0) is 4.84 Å². The van der Waals surface area contributed by atoms with E-state index in [-0.39, 0.29) is 17.1 Å². The molecule has 0 aromatic carbocycles. The van der Waals surface area contributed by atoms with E-state index in [1.165, 1.54) is 51.4 Å². The molecule has 1 aliphatic carbocycles. The lowest BCUT2D eigenvalue weighted by molar-refractivity contribution is -0.318. The number of rotatable bonds is 5. The molecule has 1 saturated carbocycles. The van der Waals surface area contributed by atoms with Crippen LogP contribution in [0, 0.1) is 5.92 Å². The topological polar surface area (TPSA) is 38.5 Å². The Labute approximate surface area is 137 Å². The van der Waals surface area contributed by atoms with Gasteiger partial charge in [-0.25, -0.2) is 0 Å². The normalized spacial score (nSPS) is 33.0. The molecule has 0 aromatic rings. The van der Waals surface area contributed by atoms with Gasteiger partial charge in [0.05, 0.1) is 11.6 Å². The standard InChI is InChI=1S/C19H38N2O/c1-6-7-11-15-14-18(2,3)21(19(4,5)17(15)20)22-16-12-9-8-10-13-16/h15-17H,6-14,20H2,1-5H3. The zero-order valence-corrected chi connectivity index (χ0v) is 15.5. The molecule has 3 nitrogen and oxygen atoms in total. The van der Waals surface area contributed by atoms with E-state index in [0.717, 1.165) is 6.42 Å². The highest BCUT2D eigenvalue weighted by Gasteiger charge is 2.51. The largest absolute Gasteiger partial charge is 0.326 e. The van der Waals surface area contributed by atoms with Crippen molar-refractivity contribution in [3.05, 3.63) is 0 Å². The van der Waals surface area contributed by atoms with Gasteiger partial charge in [-0.15, -0.1) is 0 Å². The second-order valence-electron chi connectivity index (χ2n) is 8.76. The van der Waals surface area contributed by atoms with Crippen molar-refractivity contribution < 1.29 is 4.84 Å². The molecule has 22 heavy (non-hydrogen) atoms. The summed E-state index contributed by atoms with van der Waals surface area (Å²) in [5, 5.41) is 2.28. The summed E-state index contributed by atoms with van der Waals surface area (Å²) in [6, 6.07) is 0.190. The first-order chi connectivity index (χ1) is 10.3. The molecule has 130 valence electrons. The fourth-order valence-electron chi connectivity index (χ4n) is 4.69. The molecule has 0 spiro atoms. The minimum absolute atomic E-state index is 0.0647. The van der Waals surface area contributed by atoms with Gasteiger partial charge in [-0.05, 0) is 59.3 Å². The molecule has 0 amide bonds. The van der Waals surface area contributed by atoms with Gasteiger partial charge in [-0.1, -0.05) is 39.0 Å². The average molecular weight is 311 g/mol. The Hall–Kier alpha value is -0.120. The number of hydrogen-bond donors (Lipinski definition) is 1. The highest BCUT2D eigenvalue weighted by atomic mass is 16.7. The maximum Gasteiger partial charge on any atom is 0.0793 e. The molecule has 2 fully saturated rings. The number of hydroxylamine groups is 2. The summed E-state index contributed by atoms with van der Waals surface area (Å²) in [6.45, 7) is 11.5. The first-order valence-corrected chi connectivity index (χ1v) is 9.51. The maximum atomic E-state index is 6.69. The molecule has 1 saturated heterocycles. The van der Waals surface area contributed by atoms with Crippen molar-refractivity contribution in [2.75, 3.05) is 0 Å².